The topological polar surface area (TPSA) is 94.8 Å². The van der Waals surface area contributed by atoms with E-state index < -0.39 is 0 Å². The van der Waals surface area contributed by atoms with Crippen molar-refractivity contribution in [3.8, 4) is 0 Å². The summed E-state index contributed by atoms with van der Waals surface area (Å²) in [7, 11) is 0. The van der Waals surface area contributed by atoms with Crippen LogP contribution in [0.25, 0.3) is 0 Å². The van der Waals surface area contributed by atoms with Gasteiger partial charge in [-0.3, -0.25) is 4.79 Å². The van der Waals surface area contributed by atoms with Gasteiger partial charge in [0.15, 0.2) is 0 Å². The van der Waals surface area contributed by atoms with E-state index in [9.17, 15) is 9.59 Å². The second-order valence-corrected chi connectivity index (χ2v) is 7.96. The first-order chi connectivity index (χ1) is 14.5. The summed E-state index contributed by atoms with van der Waals surface area (Å²) in [5, 5.41) is 6.92. The Morgan fingerprint density at radius 1 is 1.00 bits per heavy atom. The maximum atomic E-state index is 12.7. The van der Waals surface area contributed by atoms with Crippen LogP contribution in [0.4, 0.5) is 10.6 Å². The lowest BCUT2D eigenvalue weighted by Gasteiger charge is -2.37. The van der Waals surface area contributed by atoms with Gasteiger partial charge in [0.1, 0.15) is 5.82 Å². The molecule has 0 atom stereocenters. The quantitative estimate of drug-likeness (QED) is 0.826. The summed E-state index contributed by atoms with van der Waals surface area (Å²) in [5.74, 6) is 1.08. The zero-order valence-electron chi connectivity index (χ0n) is 17.5. The van der Waals surface area contributed by atoms with Crippen molar-refractivity contribution in [1.29, 1.82) is 0 Å². The van der Waals surface area contributed by atoms with Crippen molar-refractivity contribution in [1.82, 2.24) is 25.3 Å². The van der Waals surface area contributed by atoms with Gasteiger partial charge in [0.05, 0.1) is 5.69 Å². The summed E-state index contributed by atoms with van der Waals surface area (Å²) in [6.07, 6.45) is 1.79. The molecule has 2 aromatic rings. The second kappa shape index (κ2) is 8.73. The molecule has 2 aliphatic rings. The summed E-state index contributed by atoms with van der Waals surface area (Å²) >= 11 is 0. The van der Waals surface area contributed by atoms with Crippen LogP contribution in [0.15, 0.2) is 28.8 Å². The van der Waals surface area contributed by atoms with Gasteiger partial charge in [0.2, 0.25) is 5.76 Å². The molecule has 0 radical (unpaired) electrons. The van der Waals surface area contributed by atoms with E-state index in [1.165, 1.54) is 0 Å². The third kappa shape index (κ3) is 4.55. The van der Waals surface area contributed by atoms with Crippen LogP contribution in [0.3, 0.4) is 0 Å². The molecule has 9 heteroatoms. The lowest BCUT2D eigenvalue weighted by Crippen LogP contribution is -2.55. The van der Waals surface area contributed by atoms with Gasteiger partial charge in [-0.05, 0) is 38.8 Å². The van der Waals surface area contributed by atoms with Crippen molar-refractivity contribution >= 4 is 17.8 Å². The van der Waals surface area contributed by atoms with Gasteiger partial charge in [-0.2, -0.15) is 0 Å². The third-order valence-electron chi connectivity index (χ3n) is 5.71. The van der Waals surface area contributed by atoms with E-state index in [-0.39, 0.29) is 23.7 Å². The van der Waals surface area contributed by atoms with Crippen molar-refractivity contribution in [3.05, 3.63) is 41.4 Å². The molecule has 30 heavy (non-hydrogen) atoms. The minimum atomic E-state index is -0.173. The molecule has 1 N–H and O–H groups in total. The first kappa shape index (κ1) is 20.2. The lowest BCUT2D eigenvalue weighted by atomic mass is 10.1. The number of urea groups is 1. The fraction of sp³-hybridized carbons (Fsp3) is 0.524. The number of hydrogen-bond donors (Lipinski definition) is 1. The number of aryl methyl sites for hydroxylation is 2. The normalized spacial score (nSPS) is 17.9. The Hall–Kier alpha value is -3.10. The minimum absolute atomic E-state index is 0.0512. The summed E-state index contributed by atoms with van der Waals surface area (Å²) < 4.78 is 5.06. The molecule has 0 aromatic carbocycles. The van der Waals surface area contributed by atoms with Gasteiger partial charge >= 0.3 is 6.03 Å². The predicted molar refractivity (Wildman–Crippen MR) is 111 cm³/mol. The van der Waals surface area contributed by atoms with Crippen LogP contribution in [0, 0.1) is 13.8 Å². The van der Waals surface area contributed by atoms with Gasteiger partial charge in [0.25, 0.3) is 5.91 Å². The number of nitrogens with zero attached hydrogens (tertiary/aromatic N) is 5. The molecule has 0 bridgehead atoms. The van der Waals surface area contributed by atoms with Crippen molar-refractivity contribution in [2.45, 2.75) is 32.7 Å². The Morgan fingerprint density at radius 2 is 1.70 bits per heavy atom. The van der Waals surface area contributed by atoms with E-state index >= 15 is 0 Å². The number of hydrogen-bond acceptors (Lipinski definition) is 6. The fourth-order valence-corrected chi connectivity index (χ4v) is 3.96. The van der Waals surface area contributed by atoms with Crippen molar-refractivity contribution in [2.24, 2.45) is 0 Å². The highest BCUT2D eigenvalue weighted by Gasteiger charge is 2.28. The van der Waals surface area contributed by atoms with Crippen LogP contribution < -0.4 is 10.2 Å². The average molecular weight is 412 g/mol. The standard InChI is InChI=1S/C21H28N6O3/c1-15-4-3-5-19(22-15)25-8-6-17(7-9-25)23-21(29)27-12-10-26(11-13-27)20(28)18-14-16(2)24-30-18/h3-5,14,17H,6-13H2,1-2H3,(H,23,29). The highest BCUT2D eigenvalue weighted by Crippen LogP contribution is 2.18. The van der Waals surface area contributed by atoms with Crippen molar-refractivity contribution in [2.75, 3.05) is 44.2 Å². The van der Waals surface area contributed by atoms with Crippen LogP contribution in [0.2, 0.25) is 0 Å². The first-order valence-corrected chi connectivity index (χ1v) is 10.5. The van der Waals surface area contributed by atoms with Gasteiger partial charge in [-0.1, -0.05) is 11.2 Å². The van der Waals surface area contributed by atoms with E-state index in [1.54, 1.807) is 22.8 Å². The molecule has 0 aliphatic carbocycles. The van der Waals surface area contributed by atoms with Crippen LogP contribution in [0.1, 0.15) is 34.8 Å². The zero-order valence-corrected chi connectivity index (χ0v) is 17.5. The molecule has 0 spiro atoms. The Kier molecular flexibility index (Phi) is 5.87. The number of rotatable bonds is 3. The molecular weight excluding hydrogens is 384 g/mol. The third-order valence-corrected chi connectivity index (χ3v) is 5.71. The molecule has 2 saturated heterocycles. The van der Waals surface area contributed by atoms with E-state index in [4.69, 9.17) is 4.52 Å². The number of anilines is 1. The zero-order chi connectivity index (χ0) is 21.1. The van der Waals surface area contributed by atoms with Crippen LogP contribution >= 0.6 is 0 Å². The molecule has 3 amide bonds. The monoisotopic (exact) mass is 412 g/mol. The minimum Gasteiger partial charge on any atom is -0.356 e. The maximum absolute atomic E-state index is 12.7. The summed E-state index contributed by atoms with van der Waals surface area (Å²) in [6, 6.07) is 7.81. The number of carbonyl (C=O) groups excluding carboxylic acids is 2. The predicted octanol–water partition coefficient (Wildman–Crippen LogP) is 1.82. The molecule has 9 nitrogen and oxygen atoms in total. The Balaban J connectivity index is 1.22. The smallest absolute Gasteiger partial charge is 0.317 e. The highest BCUT2D eigenvalue weighted by atomic mass is 16.5. The maximum Gasteiger partial charge on any atom is 0.317 e. The molecule has 2 aliphatic heterocycles. The SMILES string of the molecule is Cc1cc(C(=O)N2CCN(C(=O)NC3CCN(c4cccc(C)n4)CC3)CC2)on1. The number of amides is 3. The van der Waals surface area contributed by atoms with Gasteiger partial charge in [0, 0.05) is 57.1 Å². The fourth-order valence-electron chi connectivity index (χ4n) is 3.96. The second-order valence-electron chi connectivity index (χ2n) is 7.96. The van der Waals surface area contributed by atoms with Crippen molar-refractivity contribution < 1.29 is 14.1 Å². The first-order valence-electron chi connectivity index (χ1n) is 10.5. The van der Waals surface area contributed by atoms with Gasteiger partial charge in [-0.25, -0.2) is 9.78 Å². The Labute approximate surface area is 176 Å². The van der Waals surface area contributed by atoms with Gasteiger partial charge in [-0.15, -0.1) is 0 Å². The molecule has 2 aromatic heterocycles. The van der Waals surface area contributed by atoms with Gasteiger partial charge < -0.3 is 24.5 Å². The van der Waals surface area contributed by atoms with E-state index in [0.717, 1.165) is 37.4 Å². The number of carbonyl (C=O) groups is 2. The summed E-state index contributed by atoms with van der Waals surface area (Å²) in [6.45, 7) is 7.53. The average Bonchev–Trinajstić information content (AvgIpc) is 3.20. The van der Waals surface area contributed by atoms with Crippen LogP contribution in [-0.2, 0) is 0 Å². The largest absolute Gasteiger partial charge is 0.356 e. The highest BCUT2D eigenvalue weighted by molar-refractivity contribution is 5.91. The molecule has 4 heterocycles. The number of piperidine rings is 1. The number of piperazine rings is 1. The van der Waals surface area contributed by atoms with E-state index in [2.05, 4.69) is 20.4 Å². The summed E-state index contributed by atoms with van der Waals surface area (Å²) in [4.78, 5) is 35.5. The number of pyridine rings is 1. The summed E-state index contributed by atoms with van der Waals surface area (Å²) in [5.41, 5.74) is 1.69. The number of nitrogens with one attached hydrogen (secondary N) is 1. The number of aromatic nitrogens is 2. The molecule has 4 rings (SSSR count). The molecule has 0 unspecified atom stereocenters. The molecule has 0 saturated carbocycles. The van der Waals surface area contributed by atoms with E-state index in [0.29, 0.717) is 31.9 Å². The van der Waals surface area contributed by atoms with Crippen LogP contribution in [-0.4, -0.2) is 77.2 Å². The molecule has 160 valence electrons. The molecule has 2 fully saturated rings. The lowest BCUT2D eigenvalue weighted by molar-refractivity contribution is 0.0622. The van der Waals surface area contributed by atoms with Crippen molar-refractivity contribution in [3.63, 3.8) is 0 Å². The van der Waals surface area contributed by atoms with Crippen LogP contribution in [0.5, 0.6) is 0 Å². The Morgan fingerprint density at radius 3 is 2.33 bits per heavy atom. The molecular formula is C21H28N6O3. The van der Waals surface area contributed by atoms with E-state index in [1.807, 2.05) is 25.1 Å². The Bertz CT molecular complexity index is 898.